The van der Waals surface area contributed by atoms with Crippen LogP contribution in [0.3, 0.4) is 0 Å². The minimum Gasteiger partial charge on any atom is -0.314 e. The summed E-state index contributed by atoms with van der Waals surface area (Å²) in [6.07, 6.45) is 6.92. The molecule has 1 rings (SSSR count). The number of unbranched alkanes of at least 4 members (excludes halogenated alkanes) is 2. The van der Waals surface area contributed by atoms with Gasteiger partial charge in [0, 0.05) is 6.04 Å². The van der Waals surface area contributed by atoms with E-state index in [2.05, 4.69) is 31.0 Å². The van der Waals surface area contributed by atoms with Crippen molar-refractivity contribution in [3.63, 3.8) is 0 Å². The van der Waals surface area contributed by atoms with Crippen molar-refractivity contribution in [3.05, 3.63) is 0 Å². The number of hydrogen-bond donors (Lipinski definition) is 1. The van der Waals surface area contributed by atoms with E-state index in [1.807, 2.05) is 0 Å². The molecule has 1 aliphatic rings. The van der Waals surface area contributed by atoms with Crippen LogP contribution in [0, 0.1) is 5.92 Å². The molecule has 0 radical (unpaired) electrons. The molecule has 0 spiro atoms. The second-order valence-electron chi connectivity index (χ2n) is 5.56. The summed E-state index contributed by atoms with van der Waals surface area (Å²) in [5.74, 6) is 0.921. The van der Waals surface area contributed by atoms with Crippen LogP contribution in [-0.2, 0) is 0 Å². The van der Waals surface area contributed by atoms with Crippen molar-refractivity contribution in [2.45, 2.75) is 58.9 Å². The Kier molecular flexibility index (Phi) is 7.06. The zero-order valence-electron chi connectivity index (χ0n) is 11.5. The van der Waals surface area contributed by atoms with Crippen LogP contribution >= 0.6 is 0 Å². The number of rotatable bonds is 7. The summed E-state index contributed by atoms with van der Waals surface area (Å²) in [5.41, 5.74) is 0. The molecule has 1 saturated heterocycles. The quantitative estimate of drug-likeness (QED) is 0.672. The molecule has 16 heavy (non-hydrogen) atoms. The molecule has 0 aliphatic carbocycles. The molecule has 0 aromatic rings. The van der Waals surface area contributed by atoms with Crippen LogP contribution in [0.1, 0.15) is 52.9 Å². The molecule has 0 saturated carbocycles. The molecule has 96 valence electrons. The van der Waals surface area contributed by atoms with E-state index in [-0.39, 0.29) is 0 Å². The first kappa shape index (κ1) is 14.0. The highest BCUT2D eigenvalue weighted by molar-refractivity contribution is 4.74. The molecule has 0 bridgehead atoms. The molecular weight excluding hydrogens is 196 g/mol. The van der Waals surface area contributed by atoms with Gasteiger partial charge >= 0.3 is 0 Å². The fourth-order valence-electron chi connectivity index (χ4n) is 2.40. The maximum atomic E-state index is 3.56. The predicted octanol–water partition coefficient (Wildman–Crippen LogP) is 2.89. The maximum absolute atomic E-state index is 3.56. The van der Waals surface area contributed by atoms with Crippen LogP contribution in [0.25, 0.3) is 0 Å². The molecule has 0 unspecified atom stereocenters. The van der Waals surface area contributed by atoms with Gasteiger partial charge in [-0.25, -0.2) is 0 Å². The van der Waals surface area contributed by atoms with E-state index in [4.69, 9.17) is 0 Å². The molecule has 0 aromatic carbocycles. The second-order valence-corrected chi connectivity index (χ2v) is 5.56. The van der Waals surface area contributed by atoms with E-state index in [0.717, 1.165) is 5.92 Å². The van der Waals surface area contributed by atoms with Crippen molar-refractivity contribution >= 4 is 0 Å². The monoisotopic (exact) mass is 226 g/mol. The standard InChI is InChI=1S/C14H30N2/c1-4-5-6-9-16-10-7-14(8-11-16)12-15-13(2)3/h13-15H,4-12H2,1-3H3. The van der Waals surface area contributed by atoms with E-state index < -0.39 is 0 Å². The molecule has 1 N–H and O–H groups in total. The Bertz CT molecular complexity index is 160. The fraction of sp³-hybridized carbons (Fsp3) is 1.00. The first-order valence-corrected chi connectivity index (χ1v) is 7.18. The minimum absolute atomic E-state index is 0.641. The van der Waals surface area contributed by atoms with Gasteiger partial charge in [-0.15, -0.1) is 0 Å². The van der Waals surface area contributed by atoms with E-state index in [9.17, 15) is 0 Å². The van der Waals surface area contributed by atoms with Crippen molar-refractivity contribution in [2.24, 2.45) is 5.92 Å². The highest BCUT2D eigenvalue weighted by atomic mass is 15.1. The van der Waals surface area contributed by atoms with E-state index >= 15 is 0 Å². The van der Waals surface area contributed by atoms with Crippen molar-refractivity contribution in [1.29, 1.82) is 0 Å². The number of nitrogens with zero attached hydrogens (tertiary/aromatic N) is 1. The Morgan fingerprint density at radius 1 is 1.19 bits per heavy atom. The van der Waals surface area contributed by atoms with E-state index in [0.29, 0.717) is 6.04 Å². The van der Waals surface area contributed by atoms with Crippen molar-refractivity contribution in [1.82, 2.24) is 10.2 Å². The van der Waals surface area contributed by atoms with Gasteiger partial charge in [-0.05, 0) is 51.4 Å². The summed E-state index contributed by atoms with van der Waals surface area (Å²) in [5, 5.41) is 3.56. The zero-order chi connectivity index (χ0) is 11.8. The second kappa shape index (κ2) is 8.08. The van der Waals surface area contributed by atoms with Crippen molar-refractivity contribution in [3.8, 4) is 0 Å². The highest BCUT2D eigenvalue weighted by Crippen LogP contribution is 2.17. The van der Waals surface area contributed by atoms with Crippen molar-refractivity contribution in [2.75, 3.05) is 26.2 Å². The molecule has 0 amide bonds. The van der Waals surface area contributed by atoms with E-state index in [1.54, 1.807) is 0 Å². The Balaban J connectivity index is 2.04. The Labute approximate surface area is 102 Å². The molecular formula is C14H30N2. The van der Waals surface area contributed by atoms with Crippen LogP contribution in [0.4, 0.5) is 0 Å². The average Bonchev–Trinajstić information content (AvgIpc) is 2.28. The normalized spacial score (nSPS) is 19.5. The third-order valence-electron chi connectivity index (χ3n) is 3.60. The lowest BCUT2D eigenvalue weighted by atomic mass is 9.96. The van der Waals surface area contributed by atoms with Crippen LogP contribution in [0.15, 0.2) is 0 Å². The van der Waals surface area contributed by atoms with Gasteiger partial charge in [-0.2, -0.15) is 0 Å². The maximum Gasteiger partial charge on any atom is 0.00104 e. The lowest BCUT2D eigenvalue weighted by Gasteiger charge is -2.32. The van der Waals surface area contributed by atoms with Gasteiger partial charge in [-0.1, -0.05) is 33.6 Å². The van der Waals surface area contributed by atoms with Gasteiger partial charge in [0.2, 0.25) is 0 Å². The minimum atomic E-state index is 0.641. The molecule has 2 nitrogen and oxygen atoms in total. The Morgan fingerprint density at radius 2 is 1.88 bits per heavy atom. The molecule has 0 atom stereocenters. The summed E-state index contributed by atoms with van der Waals surface area (Å²) in [6.45, 7) is 12.0. The topological polar surface area (TPSA) is 15.3 Å². The van der Waals surface area contributed by atoms with Gasteiger partial charge < -0.3 is 10.2 Å². The van der Waals surface area contributed by atoms with E-state index in [1.165, 1.54) is 58.3 Å². The first-order chi connectivity index (χ1) is 7.72. The van der Waals surface area contributed by atoms with Gasteiger partial charge in [0.05, 0.1) is 0 Å². The predicted molar refractivity (Wildman–Crippen MR) is 71.8 cm³/mol. The van der Waals surface area contributed by atoms with Gasteiger partial charge in [0.1, 0.15) is 0 Å². The molecule has 1 heterocycles. The van der Waals surface area contributed by atoms with Crippen LogP contribution in [0.5, 0.6) is 0 Å². The molecule has 1 aliphatic heterocycles. The SMILES string of the molecule is CCCCCN1CCC(CNC(C)C)CC1. The third kappa shape index (κ3) is 5.86. The first-order valence-electron chi connectivity index (χ1n) is 7.18. The summed E-state index contributed by atoms with van der Waals surface area (Å²) < 4.78 is 0. The van der Waals surface area contributed by atoms with Crippen LogP contribution in [-0.4, -0.2) is 37.1 Å². The summed E-state index contributed by atoms with van der Waals surface area (Å²) >= 11 is 0. The number of hydrogen-bond acceptors (Lipinski definition) is 2. The van der Waals surface area contributed by atoms with Gasteiger partial charge in [0.25, 0.3) is 0 Å². The smallest absolute Gasteiger partial charge is 0.00104 e. The average molecular weight is 226 g/mol. The number of likely N-dealkylation sites (tertiary alicyclic amines) is 1. The summed E-state index contributed by atoms with van der Waals surface area (Å²) in [6, 6.07) is 0.641. The highest BCUT2D eigenvalue weighted by Gasteiger charge is 2.18. The zero-order valence-corrected chi connectivity index (χ0v) is 11.5. The van der Waals surface area contributed by atoms with Crippen LogP contribution < -0.4 is 5.32 Å². The lowest BCUT2D eigenvalue weighted by molar-refractivity contribution is 0.178. The van der Waals surface area contributed by atoms with Gasteiger partial charge in [0.15, 0.2) is 0 Å². The largest absolute Gasteiger partial charge is 0.314 e. The Hall–Kier alpha value is -0.0800. The van der Waals surface area contributed by atoms with Crippen molar-refractivity contribution < 1.29 is 0 Å². The van der Waals surface area contributed by atoms with Gasteiger partial charge in [-0.3, -0.25) is 0 Å². The summed E-state index contributed by atoms with van der Waals surface area (Å²) in [4.78, 5) is 2.65. The third-order valence-corrected chi connectivity index (χ3v) is 3.60. The van der Waals surface area contributed by atoms with Crippen LogP contribution in [0.2, 0.25) is 0 Å². The molecule has 0 aromatic heterocycles. The molecule has 2 heteroatoms. The lowest BCUT2D eigenvalue weighted by Crippen LogP contribution is -2.39. The Morgan fingerprint density at radius 3 is 2.44 bits per heavy atom. The summed E-state index contributed by atoms with van der Waals surface area (Å²) in [7, 11) is 0. The fourth-order valence-corrected chi connectivity index (χ4v) is 2.40. The molecule has 1 fully saturated rings. The number of piperidine rings is 1. The number of nitrogens with one attached hydrogen (secondary N) is 1.